The first-order chi connectivity index (χ1) is 11.2. The van der Waals surface area contributed by atoms with Crippen molar-refractivity contribution in [1.82, 2.24) is 0 Å². The largest absolute Gasteiger partial charge is 0.207 e. The lowest BCUT2D eigenvalue weighted by molar-refractivity contribution is 0.566. The highest BCUT2D eigenvalue weighted by Gasteiger charge is 2.14. The predicted octanol–water partition coefficient (Wildman–Crippen LogP) is 6.85. The topological polar surface area (TPSA) is 0 Å². The zero-order chi connectivity index (χ0) is 16.5. The van der Waals surface area contributed by atoms with Crippen LogP contribution in [0.25, 0.3) is 0 Å². The van der Waals surface area contributed by atoms with Crippen molar-refractivity contribution in [3.63, 3.8) is 0 Å². The molecule has 0 N–H and O–H groups in total. The Bertz CT molecular complexity index is 512. The maximum Gasteiger partial charge on any atom is 0.123 e. The van der Waals surface area contributed by atoms with Crippen LogP contribution in [0, 0.1) is 11.6 Å². The molecule has 0 amide bonds. The molecule has 2 rings (SSSR count). The van der Waals surface area contributed by atoms with Gasteiger partial charge < -0.3 is 0 Å². The lowest BCUT2D eigenvalue weighted by atomic mass is 9.86. The summed E-state index contributed by atoms with van der Waals surface area (Å²) in [7, 11) is 0. The normalized spacial score (nSPS) is 11.1. The molecule has 0 nitrogen and oxygen atoms in total. The fourth-order valence-corrected chi connectivity index (χ4v) is 3.04. The van der Waals surface area contributed by atoms with E-state index in [1.54, 1.807) is 0 Å². The average molecular weight is 316 g/mol. The highest BCUT2D eigenvalue weighted by molar-refractivity contribution is 5.32. The Morgan fingerprint density at radius 2 is 1.09 bits per heavy atom. The van der Waals surface area contributed by atoms with Crippen molar-refractivity contribution in [2.24, 2.45) is 0 Å². The first-order valence-electron chi connectivity index (χ1n) is 8.71. The van der Waals surface area contributed by atoms with E-state index >= 15 is 0 Å². The van der Waals surface area contributed by atoms with Gasteiger partial charge in [0.1, 0.15) is 11.6 Å². The van der Waals surface area contributed by atoms with Gasteiger partial charge in [-0.2, -0.15) is 0 Å². The summed E-state index contributed by atoms with van der Waals surface area (Å²) >= 11 is 0. The van der Waals surface area contributed by atoms with Crippen LogP contribution < -0.4 is 0 Å². The summed E-state index contributed by atoms with van der Waals surface area (Å²) in [5, 5.41) is 0. The molecule has 0 aliphatic heterocycles. The van der Waals surface area contributed by atoms with Gasteiger partial charge >= 0.3 is 0 Å². The van der Waals surface area contributed by atoms with E-state index in [1.165, 1.54) is 56.4 Å². The van der Waals surface area contributed by atoms with E-state index < -0.39 is 0 Å². The Kier molecular flexibility index (Phi) is 7.25. The molecule has 0 saturated carbocycles. The lowest BCUT2D eigenvalue weighted by Gasteiger charge is -2.18. The number of hydrogen-bond donors (Lipinski definition) is 0. The highest BCUT2D eigenvalue weighted by Crippen LogP contribution is 2.30. The lowest BCUT2D eigenvalue weighted by Crippen LogP contribution is -2.02. The molecule has 0 radical (unpaired) electrons. The van der Waals surface area contributed by atoms with Crippen LogP contribution in [0.4, 0.5) is 8.78 Å². The van der Waals surface area contributed by atoms with Gasteiger partial charge in [0.05, 0.1) is 0 Å². The van der Waals surface area contributed by atoms with E-state index in [-0.39, 0.29) is 17.6 Å². The molecule has 0 saturated heterocycles. The fraction of sp³-hybridized carbons (Fsp3) is 0.429. The van der Waals surface area contributed by atoms with Crippen molar-refractivity contribution in [2.75, 3.05) is 0 Å². The summed E-state index contributed by atoms with van der Waals surface area (Å²) in [5.74, 6) is -0.222. The number of hydrogen-bond acceptors (Lipinski definition) is 0. The quantitative estimate of drug-likeness (QED) is 0.444. The Hall–Kier alpha value is -1.70. The first kappa shape index (κ1) is 17.7. The van der Waals surface area contributed by atoms with Crippen LogP contribution in [0.15, 0.2) is 48.5 Å². The summed E-state index contributed by atoms with van der Waals surface area (Å²) in [6.07, 6.45) is 8.51. The summed E-state index contributed by atoms with van der Waals surface area (Å²) in [5.41, 5.74) is 2.21. The molecule has 2 heteroatoms. The fourth-order valence-electron chi connectivity index (χ4n) is 3.04. The Morgan fingerprint density at radius 3 is 1.57 bits per heavy atom. The molecule has 0 bridgehead atoms. The van der Waals surface area contributed by atoms with Gasteiger partial charge in [0, 0.05) is 5.92 Å². The molecular weight excluding hydrogens is 290 g/mol. The van der Waals surface area contributed by atoms with Crippen LogP contribution in [0.5, 0.6) is 0 Å². The molecule has 0 heterocycles. The number of halogens is 2. The average Bonchev–Trinajstić information content (AvgIpc) is 2.57. The Morgan fingerprint density at radius 1 is 0.652 bits per heavy atom. The molecule has 23 heavy (non-hydrogen) atoms. The Labute approximate surface area is 138 Å². The van der Waals surface area contributed by atoms with Crippen molar-refractivity contribution in [3.8, 4) is 0 Å². The van der Waals surface area contributed by atoms with E-state index in [0.29, 0.717) is 0 Å². The first-order valence-corrected chi connectivity index (χ1v) is 8.71. The van der Waals surface area contributed by atoms with Crippen molar-refractivity contribution < 1.29 is 8.78 Å². The second kappa shape index (κ2) is 9.44. The second-order valence-electron chi connectivity index (χ2n) is 6.21. The third kappa shape index (κ3) is 5.78. The molecular formula is C21H26F2. The van der Waals surface area contributed by atoms with Crippen molar-refractivity contribution in [1.29, 1.82) is 0 Å². The molecule has 0 unspecified atom stereocenters. The van der Waals surface area contributed by atoms with Gasteiger partial charge in [-0.05, 0) is 41.8 Å². The molecule has 0 aliphatic carbocycles. The van der Waals surface area contributed by atoms with Crippen LogP contribution in [0.3, 0.4) is 0 Å². The summed E-state index contributed by atoms with van der Waals surface area (Å²) in [4.78, 5) is 0. The van der Waals surface area contributed by atoms with Crippen LogP contribution in [0.2, 0.25) is 0 Å². The number of benzene rings is 2. The van der Waals surface area contributed by atoms with Crippen LogP contribution in [-0.4, -0.2) is 0 Å². The number of rotatable bonds is 9. The minimum absolute atomic E-state index is 0.211. The third-order valence-electron chi connectivity index (χ3n) is 4.39. The minimum Gasteiger partial charge on any atom is -0.207 e. The highest BCUT2D eigenvalue weighted by atomic mass is 19.1. The molecule has 2 aromatic carbocycles. The predicted molar refractivity (Wildman–Crippen MR) is 92.6 cm³/mol. The SMILES string of the molecule is CCCCCCCCC(c1ccc(F)cc1)c1ccc(F)cc1. The molecule has 124 valence electrons. The van der Waals surface area contributed by atoms with Gasteiger partial charge in [-0.3, -0.25) is 0 Å². The second-order valence-corrected chi connectivity index (χ2v) is 6.21. The molecule has 0 aliphatic rings. The Balaban J connectivity index is 2.02. The monoisotopic (exact) mass is 316 g/mol. The van der Waals surface area contributed by atoms with E-state index in [0.717, 1.165) is 24.0 Å². The van der Waals surface area contributed by atoms with Gasteiger partial charge in [-0.15, -0.1) is 0 Å². The zero-order valence-corrected chi connectivity index (χ0v) is 13.9. The van der Waals surface area contributed by atoms with Gasteiger partial charge in [0.2, 0.25) is 0 Å². The summed E-state index contributed by atoms with van der Waals surface area (Å²) in [6, 6.07) is 13.4. The molecule has 0 spiro atoms. The van der Waals surface area contributed by atoms with Gasteiger partial charge in [0.15, 0.2) is 0 Å². The zero-order valence-electron chi connectivity index (χ0n) is 13.9. The van der Waals surface area contributed by atoms with Gasteiger partial charge in [0.25, 0.3) is 0 Å². The number of unbranched alkanes of at least 4 members (excludes halogenated alkanes) is 5. The maximum absolute atomic E-state index is 13.2. The molecule has 2 aromatic rings. The smallest absolute Gasteiger partial charge is 0.123 e. The molecule has 0 fully saturated rings. The molecule has 0 atom stereocenters. The maximum atomic E-state index is 13.2. The van der Waals surface area contributed by atoms with Gasteiger partial charge in [-0.25, -0.2) is 8.78 Å². The summed E-state index contributed by atoms with van der Waals surface area (Å²) in [6.45, 7) is 2.22. The van der Waals surface area contributed by atoms with Gasteiger partial charge in [-0.1, -0.05) is 69.7 Å². The third-order valence-corrected chi connectivity index (χ3v) is 4.39. The van der Waals surface area contributed by atoms with Crippen molar-refractivity contribution >= 4 is 0 Å². The summed E-state index contributed by atoms with van der Waals surface area (Å²) < 4.78 is 26.4. The van der Waals surface area contributed by atoms with Crippen LogP contribution in [-0.2, 0) is 0 Å². The van der Waals surface area contributed by atoms with E-state index in [9.17, 15) is 8.78 Å². The van der Waals surface area contributed by atoms with Crippen LogP contribution in [0.1, 0.15) is 68.9 Å². The standard InChI is InChI=1S/C21H26F2/c1-2-3-4-5-6-7-8-21(17-9-13-19(22)14-10-17)18-11-15-20(23)16-12-18/h9-16,21H,2-8H2,1H3. The van der Waals surface area contributed by atoms with Crippen LogP contribution >= 0.6 is 0 Å². The van der Waals surface area contributed by atoms with E-state index in [2.05, 4.69) is 6.92 Å². The van der Waals surface area contributed by atoms with Crippen molar-refractivity contribution in [3.05, 3.63) is 71.3 Å². The van der Waals surface area contributed by atoms with E-state index in [1.807, 2.05) is 24.3 Å². The van der Waals surface area contributed by atoms with Crippen molar-refractivity contribution in [2.45, 2.75) is 57.8 Å². The minimum atomic E-state index is -0.217. The van der Waals surface area contributed by atoms with E-state index in [4.69, 9.17) is 0 Å². The molecule has 0 aromatic heterocycles.